The summed E-state index contributed by atoms with van der Waals surface area (Å²) in [6.45, 7) is 5.94. The molecular weight excluding hydrogens is 168 g/mol. The molecule has 0 aliphatic carbocycles. The number of methoxy groups -OCH3 is 1. The van der Waals surface area contributed by atoms with Crippen LogP contribution in [-0.4, -0.2) is 24.8 Å². The van der Waals surface area contributed by atoms with E-state index in [1.54, 1.807) is 13.2 Å². The molecule has 0 spiro atoms. The van der Waals surface area contributed by atoms with Gasteiger partial charge >= 0.3 is 5.97 Å². The molecular formula is C10H18O3. The maximum atomic E-state index is 11.0. The van der Waals surface area contributed by atoms with Gasteiger partial charge in [0.25, 0.3) is 0 Å². The van der Waals surface area contributed by atoms with Crippen molar-refractivity contribution in [3.05, 3.63) is 12.7 Å². The van der Waals surface area contributed by atoms with Gasteiger partial charge < -0.3 is 9.84 Å². The molecule has 13 heavy (non-hydrogen) atoms. The predicted molar refractivity (Wildman–Crippen MR) is 51.7 cm³/mol. The first-order valence-corrected chi connectivity index (χ1v) is 4.46. The molecule has 0 aliphatic rings. The fraction of sp³-hybridized carbons (Fsp3) is 0.700. The Bertz CT molecular complexity index is 177. The van der Waals surface area contributed by atoms with Crippen LogP contribution in [0, 0.1) is 5.41 Å². The van der Waals surface area contributed by atoms with Crippen molar-refractivity contribution in [3.8, 4) is 0 Å². The average Bonchev–Trinajstić information content (AvgIpc) is 2.12. The summed E-state index contributed by atoms with van der Waals surface area (Å²) < 4.78 is 4.90. The Hall–Kier alpha value is -0.830. The summed E-state index contributed by atoms with van der Waals surface area (Å²) >= 11 is 0. The van der Waals surface area contributed by atoms with Crippen LogP contribution in [0.2, 0.25) is 0 Å². The smallest absolute Gasteiger partial charge is 0.310 e. The van der Waals surface area contributed by atoms with Gasteiger partial charge in [-0.1, -0.05) is 13.0 Å². The topological polar surface area (TPSA) is 46.5 Å². The molecule has 0 saturated heterocycles. The van der Waals surface area contributed by atoms with Gasteiger partial charge in [-0.3, -0.25) is 4.79 Å². The van der Waals surface area contributed by atoms with E-state index in [4.69, 9.17) is 9.84 Å². The van der Waals surface area contributed by atoms with Crippen LogP contribution in [0.25, 0.3) is 0 Å². The van der Waals surface area contributed by atoms with Gasteiger partial charge in [0.1, 0.15) is 0 Å². The lowest BCUT2D eigenvalue weighted by Crippen LogP contribution is -2.31. The molecule has 0 saturated carbocycles. The molecule has 0 aromatic carbocycles. The van der Waals surface area contributed by atoms with Crippen LogP contribution in [0.15, 0.2) is 12.7 Å². The molecule has 0 aromatic rings. The molecule has 3 heteroatoms. The summed E-state index contributed by atoms with van der Waals surface area (Å²) in [5.74, 6) is -0.757. The SMILES string of the molecule is C=CCC(CC)(CCOC)C(=O)O. The second-order valence-electron chi connectivity index (χ2n) is 3.17. The molecule has 1 unspecified atom stereocenters. The molecule has 0 rings (SSSR count). The Balaban J connectivity index is 4.43. The maximum Gasteiger partial charge on any atom is 0.310 e. The fourth-order valence-electron chi connectivity index (χ4n) is 1.34. The van der Waals surface area contributed by atoms with E-state index in [-0.39, 0.29) is 0 Å². The fourth-order valence-corrected chi connectivity index (χ4v) is 1.34. The number of rotatable bonds is 7. The summed E-state index contributed by atoms with van der Waals surface area (Å²) in [5.41, 5.74) is -0.683. The lowest BCUT2D eigenvalue weighted by atomic mass is 9.79. The zero-order valence-corrected chi connectivity index (χ0v) is 8.38. The van der Waals surface area contributed by atoms with Gasteiger partial charge in [-0.25, -0.2) is 0 Å². The Morgan fingerprint density at radius 1 is 1.69 bits per heavy atom. The Morgan fingerprint density at radius 3 is 2.62 bits per heavy atom. The second kappa shape index (κ2) is 5.75. The third kappa shape index (κ3) is 3.19. The number of hydrogen-bond donors (Lipinski definition) is 1. The molecule has 0 fully saturated rings. The Morgan fingerprint density at radius 2 is 2.31 bits per heavy atom. The van der Waals surface area contributed by atoms with E-state index in [0.717, 1.165) is 0 Å². The van der Waals surface area contributed by atoms with Crippen LogP contribution in [-0.2, 0) is 9.53 Å². The predicted octanol–water partition coefficient (Wildman–Crippen LogP) is 2.08. The van der Waals surface area contributed by atoms with Crippen molar-refractivity contribution in [1.82, 2.24) is 0 Å². The standard InChI is InChI=1S/C10H18O3/c1-4-6-10(5-2,9(11)12)7-8-13-3/h4H,1,5-8H2,2-3H3,(H,11,12). The number of carboxylic acid groups (broad SMARTS) is 1. The quantitative estimate of drug-likeness (QED) is 0.619. The highest BCUT2D eigenvalue weighted by molar-refractivity contribution is 5.74. The van der Waals surface area contributed by atoms with E-state index in [1.165, 1.54) is 0 Å². The van der Waals surface area contributed by atoms with Crippen LogP contribution in [0.5, 0.6) is 0 Å². The van der Waals surface area contributed by atoms with Gasteiger partial charge in [0.15, 0.2) is 0 Å². The summed E-state index contributed by atoms with van der Waals surface area (Å²) in [6, 6.07) is 0. The maximum absolute atomic E-state index is 11.0. The van der Waals surface area contributed by atoms with E-state index in [1.807, 2.05) is 6.92 Å². The van der Waals surface area contributed by atoms with E-state index in [9.17, 15) is 4.79 Å². The number of carbonyl (C=O) groups is 1. The highest BCUT2D eigenvalue weighted by atomic mass is 16.5. The zero-order chi connectivity index (χ0) is 10.3. The number of aliphatic carboxylic acids is 1. The van der Waals surface area contributed by atoms with Crippen molar-refractivity contribution in [2.24, 2.45) is 5.41 Å². The van der Waals surface area contributed by atoms with Gasteiger partial charge in [-0.2, -0.15) is 0 Å². The highest BCUT2D eigenvalue weighted by Gasteiger charge is 2.34. The third-order valence-electron chi connectivity index (χ3n) is 2.45. The van der Waals surface area contributed by atoms with Crippen molar-refractivity contribution in [3.63, 3.8) is 0 Å². The van der Waals surface area contributed by atoms with Crippen LogP contribution < -0.4 is 0 Å². The summed E-state index contributed by atoms with van der Waals surface area (Å²) in [4.78, 5) is 11.0. The third-order valence-corrected chi connectivity index (χ3v) is 2.45. The molecule has 0 radical (unpaired) electrons. The van der Waals surface area contributed by atoms with Crippen molar-refractivity contribution in [2.45, 2.75) is 26.2 Å². The molecule has 76 valence electrons. The highest BCUT2D eigenvalue weighted by Crippen LogP contribution is 2.31. The van der Waals surface area contributed by atoms with Crippen LogP contribution in [0.3, 0.4) is 0 Å². The summed E-state index contributed by atoms with van der Waals surface area (Å²) in [5, 5.41) is 9.08. The van der Waals surface area contributed by atoms with Crippen LogP contribution in [0.1, 0.15) is 26.2 Å². The van der Waals surface area contributed by atoms with Crippen LogP contribution in [0.4, 0.5) is 0 Å². The molecule has 0 aromatic heterocycles. The zero-order valence-electron chi connectivity index (χ0n) is 8.38. The van der Waals surface area contributed by atoms with Crippen molar-refractivity contribution < 1.29 is 14.6 Å². The van der Waals surface area contributed by atoms with Gasteiger partial charge in [0.2, 0.25) is 0 Å². The lowest BCUT2D eigenvalue weighted by Gasteiger charge is -2.26. The minimum Gasteiger partial charge on any atom is -0.481 e. The summed E-state index contributed by atoms with van der Waals surface area (Å²) in [6.07, 6.45) is 3.31. The Kier molecular flexibility index (Phi) is 5.39. The van der Waals surface area contributed by atoms with E-state index in [2.05, 4.69) is 6.58 Å². The number of ether oxygens (including phenoxy) is 1. The molecule has 0 amide bonds. The first-order chi connectivity index (χ1) is 6.13. The first-order valence-electron chi connectivity index (χ1n) is 4.46. The van der Waals surface area contributed by atoms with E-state index < -0.39 is 11.4 Å². The van der Waals surface area contributed by atoms with Gasteiger partial charge in [0, 0.05) is 13.7 Å². The molecule has 0 heterocycles. The second-order valence-corrected chi connectivity index (χ2v) is 3.17. The van der Waals surface area contributed by atoms with Crippen LogP contribution >= 0.6 is 0 Å². The lowest BCUT2D eigenvalue weighted by molar-refractivity contribution is -0.150. The van der Waals surface area contributed by atoms with Gasteiger partial charge in [0.05, 0.1) is 5.41 Å². The molecule has 0 aliphatic heterocycles. The minimum atomic E-state index is -0.757. The van der Waals surface area contributed by atoms with Gasteiger partial charge in [-0.05, 0) is 19.3 Å². The van der Waals surface area contributed by atoms with E-state index in [0.29, 0.717) is 25.9 Å². The molecule has 1 N–H and O–H groups in total. The number of allylic oxidation sites excluding steroid dienone is 1. The molecule has 0 bridgehead atoms. The normalized spacial score (nSPS) is 14.9. The monoisotopic (exact) mass is 186 g/mol. The number of carboxylic acids is 1. The largest absolute Gasteiger partial charge is 0.481 e. The first kappa shape index (κ1) is 12.2. The summed E-state index contributed by atoms with van der Waals surface area (Å²) in [7, 11) is 1.58. The van der Waals surface area contributed by atoms with Gasteiger partial charge in [-0.15, -0.1) is 6.58 Å². The van der Waals surface area contributed by atoms with E-state index >= 15 is 0 Å². The molecule has 1 atom stereocenters. The average molecular weight is 186 g/mol. The van der Waals surface area contributed by atoms with Crippen molar-refractivity contribution in [2.75, 3.05) is 13.7 Å². The number of hydrogen-bond acceptors (Lipinski definition) is 2. The molecule has 3 nitrogen and oxygen atoms in total. The van der Waals surface area contributed by atoms with Crippen molar-refractivity contribution in [1.29, 1.82) is 0 Å². The van der Waals surface area contributed by atoms with Crippen molar-refractivity contribution >= 4 is 5.97 Å². The Labute approximate surface area is 79.4 Å². The minimum absolute atomic E-state index is 0.480.